The smallest absolute Gasteiger partial charge is 0.309 e. The van der Waals surface area contributed by atoms with E-state index in [0.29, 0.717) is 10.6 Å². The van der Waals surface area contributed by atoms with E-state index in [1.165, 1.54) is 20.0 Å². The Labute approximate surface area is 235 Å². The normalized spacial score (nSPS) is 21.7. The molecule has 2 aromatic carbocycles. The average molecular weight is 605 g/mol. The van der Waals surface area contributed by atoms with Gasteiger partial charge in [-0.05, 0) is 38.5 Å². The Morgan fingerprint density at radius 3 is 2.45 bits per heavy atom. The number of thioether (sulfide) groups is 1. The second-order valence-electron chi connectivity index (χ2n) is 10.6. The van der Waals surface area contributed by atoms with Crippen molar-refractivity contribution in [2.24, 2.45) is 5.92 Å². The van der Waals surface area contributed by atoms with Crippen molar-refractivity contribution in [2.75, 3.05) is 25.1 Å². The third kappa shape index (κ3) is 6.85. The van der Waals surface area contributed by atoms with Gasteiger partial charge < -0.3 is 14.7 Å². The van der Waals surface area contributed by atoms with Crippen LogP contribution in [0, 0.1) is 5.92 Å². The van der Waals surface area contributed by atoms with E-state index in [4.69, 9.17) is 4.74 Å². The van der Waals surface area contributed by atoms with Gasteiger partial charge in [0.05, 0.1) is 16.5 Å². The van der Waals surface area contributed by atoms with E-state index in [0.717, 1.165) is 23.0 Å². The molecule has 0 saturated heterocycles. The fourth-order valence-electron chi connectivity index (χ4n) is 4.63. The van der Waals surface area contributed by atoms with Gasteiger partial charge in [0, 0.05) is 55.9 Å². The number of rotatable bonds is 10. The number of fused-ring (bicyclic) bond motifs is 1. The lowest BCUT2D eigenvalue weighted by molar-refractivity contribution is -0.142. The van der Waals surface area contributed by atoms with Gasteiger partial charge in [-0.2, -0.15) is 4.31 Å². The highest BCUT2D eigenvalue weighted by Crippen LogP contribution is 2.51. The van der Waals surface area contributed by atoms with Crippen LogP contribution in [0.2, 0.25) is 0 Å². The van der Waals surface area contributed by atoms with Crippen LogP contribution < -0.4 is 9.64 Å². The van der Waals surface area contributed by atoms with Gasteiger partial charge in [0.25, 0.3) is 0 Å². The monoisotopic (exact) mass is 604 g/mol. The molecule has 1 saturated carbocycles. The molecule has 1 fully saturated rings. The molecule has 40 heavy (non-hydrogen) atoms. The van der Waals surface area contributed by atoms with E-state index < -0.39 is 51.5 Å². The topological polar surface area (TPSA) is 87.2 Å². The summed E-state index contributed by atoms with van der Waals surface area (Å²) in [4.78, 5) is 13.4. The molecule has 2 aliphatic rings. The molecule has 1 aliphatic heterocycles. The zero-order valence-corrected chi connectivity index (χ0v) is 24.0. The third-order valence-electron chi connectivity index (χ3n) is 7.12. The van der Waals surface area contributed by atoms with Gasteiger partial charge in [-0.15, -0.1) is 11.8 Å². The largest absolute Gasteiger partial charge is 0.491 e. The summed E-state index contributed by atoms with van der Waals surface area (Å²) in [6.45, 7) is 2.03. The van der Waals surface area contributed by atoms with E-state index in [1.54, 1.807) is 41.3 Å². The molecule has 7 nitrogen and oxygen atoms in total. The first-order valence-electron chi connectivity index (χ1n) is 12.8. The van der Waals surface area contributed by atoms with Crippen molar-refractivity contribution in [3.05, 3.63) is 42.5 Å². The van der Waals surface area contributed by atoms with Crippen LogP contribution in [0.5, 0.6) is 5.75 Å². The Morgan fingerprint density at radius 1 is 1.23 bits per heavy atom. The van der Waals surface area contributed by atoms with E-state index in [2.05, 4.69) is 0 Å². The highest BCUT2D eigenvalue weighted by Gasteiger charge is 2.46. The first-order valence-corrected chi connectivity index (χ1v) is 15.2. The molecule has 2 aromatic rings. The van der Waals surface area contributed by atoms with Gasteiger partial charge >= 0.3 is 5.97 Å². The van der Waals surface area contributed by atoms with Crippen molar-refractivity contribution in [2.45, 2.75) is 72.5 Å². The summed E-state index contributed by atoms with van der Waals surface area (Å²) < 4.78 is 89.5. The molecule has 1 heterocycles. The van der Waals surface area contributed by atoms with Gasteiger partial charge in [0.2, 0.25) is 21.9 Å². The summed E-state index contributed by atoms with van der Waals surface area (Å²) in [6, 6.07) is 10.9. The highest BCUT2D eigenvalue weighted by atomic mass is 32.2. The Bertz CT molecular complexity index is 1330. The first kappa shape index (κ1) is 30.4. The number of alkyl halides is 4. The summed E-state index contributed by atoms with van der Waals surface area (Å²) in [5.41, 5.74) is 0.887. The molecule has 1 N–H and O–H groups in total. The van der Waals surface area contributed by atoms with Crippen molar-refractivity contribution in [3.63, 3.8) is 0 Å². The molecule has 0 amide bonds. The molecule has 0 unspecified atom stereocenters. The highest BCUT2D eigenvalue weighted by molar-refractivity contribution is 8.00. The Kier molecular flexibility index (Phi) is 8.68. The van der Waals surface area contributed by atoms with Crippen LogP contribution in [0.25, 0.3) is 0 Å². The minimum Gasteiger partial charge on any atom is -0.491 e. The fraction of sp³-hybridized carbons (Fsp3) is 0.519. The number of hydrogen-bond donors (Lipinski definition) is 1. The maximum absolute atomic E-state index is 13.9. The average Bonchev–Trinajstić information content (AvgIpc) is 2.93. The van der Waals surface area contributed by atoms with Crippen LogP contribution in [-0.4, -0.2) is 67.1 Å². The number of carboxylic acids is 1. The molecule has 0 bridgehead atoms. The molecule has 13 heteroatoms. The maximum atomic E-state index is 13.9. The van der Waals surface area contributed by atoms with Crippen molar-refractivity contribution >= 4 is 39.1 Å². The summed E-state index contributed by atoms with van der Waals surface area (Å²) in [6.07, 6.45) is -1.32. The number of likely N-dealkylation sites (N-methyl/N-ethyl adjacent to an activating group) is 1. The van der Waals surface area contributed by atoms with Crippen LogP contribution in [0.15, 0.2) is 52.3 Å². The van der Waals surface area contributed by atoms with Crippen molar-refractivity contribution < 1.29 is 40.6 Å². The van der Waals surface area contributed by atoms with Crippen molar-refractivity contribution in [1.82, 2.24) is 4.31 Å². The minimum absolute atomic E-state index is 0.0654. The predicted molar refractivity (Wildman–Crippen MR) is 145 cm³/mol. The SMILES string of the molecule is C[C@@H](COc1cc2c(cc1SC1CC(F)(F)C1)N(c1ccccc1)C[C@@H](CCC(C)(F)F)N(C)S2(=O)=O)C(=O)O. The quantitative estimate of drug-likeness (QED) is 0.321. The zero-order chi connectivity index (χ0) is 29.5. The number of benzene rings is 2. The zero-order valence-electron chi connectivity index (χ0n) is 22.3. The molecular formula is C27H32F4N2O5S2. The molecule has 1 aliphatic carbocycles. The predicted octanol–water partition coefficient (Wildman–Crippen LogP) is 6.25. The van der Waals surface area contributed by atoms with Gasteiger partial charge in [0.15, 0.2) is 0 Å². The second kappa shape index (κ2) is 11.4. The summed E-state index contributed by atoms with van der Waals surface area (Å²) in [5.74, 6) is -7.72. The molecular weight excluding hydrogens is 572 g/mol. The van der Waals surface area contributed by atoms with E-state index >= 15 is 0 Å². The number of nitrogens with zero attached hydrogens (tertiary/aromatic N) is 2. The molecule has 0 spiro atoms. The maximum Gasteiger partial charge on any atom is 0.309 e. The van der Waals surface area contributed by atoms with Crippen molar-refractivity contribution in [1.29, 1.82) is 0 Å². The Hall–Kier alpha value is -2.51. The van der Waals surface area contributed by atoms with E-state index in [1.807, 2.05) is 0 Å². The van der Waals surface area contributed by atoms with E-state index in [9.17, 15) is 35.9 Å². The number of sulfonamides is 1. The molecule has 2 atom stereocenters. The number of anilines is 2. The Balaban J connectivity index is 1.83. The number of ether oxygens (including phenoxy) is 1. The van der Waals surface area contributed by atoms with E-state index in [-0.39, 0.29) is 48.7 Å². The molecule has 0 aromatic heterocycles. The summed E-state index contributed by atoms with van der Waals surface area (Å²) in [5, 5.41) is 8.85. The third-order valence-corrected chi connectivity index (χ3v) is 10.3. The van der Waals surface area contributed by atoms with Gasteiger partial charge in [-0.1, -0.05) is 18.2 Å². The molecule has 4 rings (SSSR count). The number of para-hydroxylation sites is 1. The first-order chi connectivity index (χ1) is 18.6. The second-order valence-corrected chi connectivity index (χ2v) is 13.9. The number of aliphatic carboxylic acids is 1. The lowest BCUT2D eigenvalue weighted by atomic mass is 9.94. The van der Waals surface area contributed by atoms with Crippen LogP contribution in [0.1, 0.15) is 39.5 Å². The van der Waals surface area contributed by atoms with Crippen molar-refractivity contribution in [3.8, 4) is 5.75 Å². The van der Waals surface area contributed by atoms with Crippen LogP contribution in [0.4, 0.5) is 28.9 Å². The molecule has 0 radical (unpaired) electrons. The van der Waals surface area contributed by atoms with Crippen LogP contribution in [-0.2, 0) is 14.8 Å². The van der Waals surface area contributed by atoms with Crippen LogP contribution in [0.3, 0.4) is 0 Å². The number of carbonyl (C=O) groups is 1. The van der Waals surface area contributed by atoms with Gasteiger partial charge in [-0.25, -0.2) is 26.0 Å². The summed E-state index contributed by atoms with van der Waals surface area (Å²) >= 11 is 1.12. The standard InChI is InChI=1S/C27H32F4N2O5S2/c1-17(25(34)35)16-38-22-12-24-21(11-23(22)39-20-13-27(30,31)14-20)33(18-7-5-4-6-8-18)15-19(9-10-26(2,28)29)32(3)40(24,36)37/h4-8,11-12,17,19-20H,9-10,13-16H2,1-3H3,(H,34,35)/t17-,19+/m0/s1. The lowest BCUT2D eigenvalue weighted by Gasteiger charge is -2.35. The van der Waals surface area contributed by atoms with Gasteiger partial charge in [-0.3, -0.25) is 4.79 Å². The summed E-state index contributed by atoms with van der Waals surface area (Å²) in [7, 11) is -2.88. The number of halogens is 4. The van der Waals surface area contributed by atoms with Gasteiger partial charge in [0.1, 0.15) is 17.3 Å². The van der Waals surface area contributed by atoms with Crippen LogP contribution >= 0.6 is 11.8 Å². The Morgan fingerprint density at radius 2 is 1.88 bits per heavy atom. The molecule has 220 valence electrons. The fourth-order valence-corrected chi connectivity index (χ4v) is 7.62. The number of carboxylic acid groups (broad SMARTS) is 1. The number of hydrogen-bond acceptors (Lipinski definition) is 6. The minimum atomic E-state index is -4.23. The lowest BCUT2D eigenvalue weighted by Crippen LogP contribution is -2.41.